The van der Waals surface area contributed by atoms with Crippen LogP contribution in [0, 0.1) is 5.92 Å². The quantitative estimate of drug-likeness (QED) is 0.667. The average molecular weight is 185 g/mol. The van der Waals surface area contributed by atoms with Crippen molar-refractivity contribution in [1.29, 1.82) is 0 Å². The van der Waals surface area contributed by atoms with Crippen molar-refractivity contribution in [1.82, 2.24) is 5.32 Å². The molecule has 13 heavy (non-hydrogen) atoms. The molecule has 0 unspecified atom stereocenters. The molecule has 0 saturated heterocycles. The molecule has 0 radical (unpaired) electrons. The lowest BCUT2D eigenvalue weighted by molar-refractivity contribution is -0.148. The normalized spacial score (nSPS) is 32.9. The summed E-state index contributed by atoms with van der Waals surface area (Å²) in [4.78, 5) is 21.9. The van der Waals surface area contributed by atoms with Crippen molar-refractivity contribution >= 4 is 11.9 Å². The van der Waals surface area contributed by atoms with Gasteiger partial charge < -0.3 is 10.4 Å². The third-order valence-corrected chi connectivity index (χ3v) is 2.83. The molecule has 0 aromatic rings. The zero-order valence-electron chi connectivity index (χ0n) is 7.96. The standard InChI is InChI=1S/C9H15NO3/c1-6-4-3-5-9(6,8(12)13)10-7(2)11/h6H,3-5H2,1-2H3,(H,10,11)(H,12,13)/t6-,9-/m1/s1. The summed E-state index contributed by atoms with van der Waals surface area (Å²) in [7, 11) is 0. The van der Waals surface area contributed by atoms with Gasteiger partial charge in [0.15, 0.2) is 0 Å². The SMILES string of the molecule is CC(=O)N[C@]1(C(=O)O)CCC[C@H]1C. The van der Waals surface area contributed by atoms with Gasteiger partial charge in [0.1, 0.15) is 5.54 Å². The molecule has 1 rings (SSSR count). The largest absolute Gasteiger partial charge is 0.479 e. The van der Waals surface area contributed by atoms with Crippen molar-refractivity contribution < 1.29 is 14.7 Å². The van der Waals surface area contributed by atoms with Gasteiger partial charge in [-0.15, -0.1) is 0 Å². The summed E-state index contributed by atoms with van der Waals surface area (Å²) in [5.74, 6) is -1.15. The first-order valence-corrected chi connectivity index (χ1v) is 4.51. The summed E-state index contributed by atoms with van der Waals surface area (Å²) in [6, 6.07) is 0. The Morgan fingerprint density at radius 2 is 2.15 bits per heavy atom. The van der Waals surface area contributed by atoms with Crippen LogP contribution in [0.15, 0.2) is 0 Å². The fourth-order valence-electron chi connectivity index (χ4n) is 2.05. The van der Waals surface area contributed by atoms with Crippen molar-refractivity contribution in [2.24, 2.45) is 5.92 Å². The molecule has 2 atom stereocenters. The van der Waals surface area contributed by atoms with Crippen molar-refractivity contribution in [2.45, 2.75) is 38.6 Å². The molecule has 2 N–H and O–H groups in total. The van der Waals surface area contributed by atoms with Crippen LogP contribution in [0.4, 0.5) is 0 Å². The van der Waals surface area contributed by atoms with Gasteiger partial charge in [0.25, 0.3) is 0 Å². The van der Waals surface area contributed by atoms with Crippen LogP contribution in [0.25, 0.3) is 0 Å². The van der Waals surface area contributed by atoms with E-state index in [1.54, 1.807) is 0 Å². The number of hydrogen-bond acceptors (Lipinski definition) is 2. The van der Waals surface area contributed by atoms with E-state index < -0.39 is 11.5 Å². The highest BCUT2D eigenvalue weighted by atomic mass is 16.4. The maximum absolute atomic E-state index is 11.1. The Hall–Kier alpha value is -1.06. The number of nitrogens with one attached hydrogen (secondary N) is 1. The highest BCUT2D eigenvalue weighted by Gasteiger charge is 2.47. The van der Waals surface area contributed by atoms with Crippen molar-refractivity contribution in [3.8, 4) is 0 Å². The number of amides is 1. The Morgan fingerprint density at radius 1 is 1.54 bits per heavy atom. The van der Waals surface area contributed by atoms with Crippen LogP contribution in [0.5, 0.6) is 0 Å². The lowest BCUT2D eigenvalue weighted by atomic mass is 9.88. The fraction of sp³-hybridized carbons (Fsp3) is 0.778. The summed E-state index contributed by atoms with van der Waals surface area (Å²) in [6.45, 7) is 3.23. The van der Waals surface area contributed by atoms with Gasteiger partial charge in [0.2, 0.25) is 5.91 Å². The third kappa shape index (κ3) is 1.66. The van der Waals surface area contributed by atoms with Crippen LogP contribution < -0.4 is 5.32 Å². The molecule has 0 aromatic carbocycles. The second-order valence-corrected chi connectivity index (χ2v) is 3.75. The highest BCUT2D eigenvalue weighted by molar-refractivity contribution is 5.86. The molecule has 0 aromatic heterocycles. The van der Waals surface area contributed by atoms with E-state index in [1.165, 1.54) is 6.92 Å². The molecular weight excluding hydrogens is 170 g/mol. The molecule has 4 heteroatoms. The predicted octanol–water partition coefficient (Wildman–Crippen LogP) is 0.766. The third-order valence-electron chi connectivity index (χ3n) is 2.83. The Kier molecular flexibility index (Phi) is 2.59. The van der Waals surface area contributed by atoms with E-state index >= 15 is 0 Å². The summed E-state index contributed by atoms with van der Waals surface area (Å²) < 4.78 is 0. The van der Waals surface area contributed by atoms with E-state index in [0.29, 0.717) is 6.42 Å². The van der Waals surface area contributed by atoms with Crippen molar-refractivity contribution in [3.05, 3.63) is 0 Å². The van der Waals surface area contributed by atoms with Crippen molar-refractivity contribution in [3.63, 3.8) is 0 Å². The second kappa shape index (κ2) is 3.36. The van der Waals surface area contributed by atoms with Crippen LogP contribution in [0.2, 0.25) is 0 Å². The predicted molar refractivity (Wildman–Crippen MR) is 47.2 cm³/mol. The highest BCUT2D eigenvalue weighted by Crippen LogP contribution is 2.35. The van der Waals surface area contributed by atoms with E-state index in [0.717, 1.165) is 12.8 Å². The van der Waals surface area contributed by atoms with Crippen LogP contribution >= 0.6 is 0 Å². The zero-order valence-corrected chi connectivity index (χ0v) is 7.96. The molecular formula is C9H15NO3. The van der Waals surface area contributed by atoms with Gasteiger partial charge in [0.05, 0.1) is 0 Å². The maximum Gasteiger partial charge on any atom is 0.329 e. The van der Waals surface area contributed by atoms with E-state index in [2.05, 4.69) is 5.32 Å². The average Bonchev–Trinajstić information content (AvgIpc) is 2.32. The molecule has 1 aliphatic rings. The summed E-state index contributed by atoms with van der Waals surface area (Å²) in [5, 5.41) is 11.6. The van der Waals surface area contributed by atoms with Gasteiger partial charge in [0, 0.05) is 6.92 Å². The molecule has 1 amide bonds. The van der Waals surface area contributed by atoms with Gasteiger partial charge >= 0.3 is 5.97 Å². The lowest BCUT2D eigenvalue weighted by Crippen LogP contribution is -2.55. The molecule has 0 spiro atoms. The first-order chi connectivity index (χ1) is 5.99. The zero-order chi connectivity index (χ0) is 10.1. The minimum absolute atomic E-state index is 0.0221. The minimum Gasteiger partial charge on any atom is -0.479 e. The first-order valence-electron chi connectivity index (χ1n) is 4.51. The Morgan fingerprint density at radius 3 is 2.46 bits per heavy atom. The Balaban J connectivity index is 2.87. The minimum atomic E-state index is -1.01. The number of carbonyl (C=O) groups excluding carboxylic acids is 1. The number of carbonyl (C=O) groups is 2. The van der Waals surface area contributed by atoms with Gasteiger partial charge in [-0.1, -0.05) is 13.3 Å². The molecule has 4 nitrogen and oxygen atoms in total. The van der Waals surface area contributed by atoms with Gasteiger partial charge in [-0.25, -0.2) is 4.79 Å². The van der Waals surface area contributed by atoms with Gasteiger partial charge in [-0.05, 0) is 18.8 Å². The number of aliphatic carboxylic acids is 1. The van der Waals surface area contributed by atoms with Crippen LogP contribution in [-0.4, -0.2) is 22.5 Å². The number of carboxylic acids is 1. The molecule has 0 bridgehead atoms. The van der Waals surface area contributed by atoms with Crippen LogP contribution in [0.3, 0.4) is 0 Å². The van der Waals surface area contributed by atoms with Gasteiger partial charge in [-0.2, -0.15) is 0 Å². The Labute approximate surface area is 77.3 Å². The van der Waals surface area contributed by atoms with Crippen molar-refractivity contribution in [2.75, 3.05) is 0 Å². The molecule has 1 fully saturated rings. The number of hydrogen-bond donors (Lipinski definition) is 2. The van der Waals surface area contributed by atoms with E-state index in [9.17, 15) is 9.59 Å². The first kappa shape index (κ1) is 10.0. The van der Waals surface area contributed by atoms with E-state index in [-0.39, 0.29) is 11.8 Å². The van der Waals surface area contributed by atoms with Crippen LogP contribution in [-0.2, 0) is 9.59 Å². The maximum atomic E-state index is 11.1. The number of rotatable bonds is 2. The van der Waals surface area contributed by atoms with Crippen LogP contribution in [0.1, 0.15) is 33.1 Å². The summed E-state index contributed by atoms with van der Waals surface area (Å²) in [5.41, 5.74) is -1.01. The monoisotopic (exact) mass is 185 g/mol. The fourth-order valence-corrected chi connectivity index (χ4v) is 2.05. The second-order valence-electron chi connectivity index (χ2n) is 3.75. The molecule has 74 valence electrons. The smallest absolute Gasteiger partial charge is 0.329 e. The summed E-state index contributed by atoms with van der Waals surface area (Å²) >= 11 is 0. The topological polar surface area (TPSA) is 66.4 Å². The van der Waals surface area contributed by atoms with Gasteiger partial charge in [-0.3, -0.25) is 4.79 Å². The Bertz CT molecular complexity index is 239. The molecule has 0 heterocycles. The summed E-state index contributed by atoms with van der Waals surface area (Å²) in [6.07, 6.45) is 2.28. The number of carboxylic acid groups (broad SMARTS) is 1. The van der Waals surface area contributed by atoms with E-state index in [1.807, 2.05) is 6.92 Å². The lowest BCUT2D eigenvalue weighted by Gasteiger charge is -2.29. The molecule has 1 aliphatic carbocycles. The molecule has 0 aliphatic heterocycles. The molecule has 1 saturated carbocycles. The van der Waals surface area contributed by atoms with E-state index in [4.69, 9.17) is 5.11 Å².